The summed E-state index contributed by atoms with van der Waals surface area (Å²) in [7, 11) is 0. The number of imidazole rings is 1. The number of fused-ring (bicyclic) bond motifs is 1. The van der Waals surface area contributed by atoms with E-state index in [9.17, 15) is 18.0 Å². The Labute approximate surface area is 110 Å². The van der Waals surface area contributed by atoms with Crippen LogP contribution in [0.5, 0.6) is 0 Å². The molecule has 0 radical (unpaired) electrons. The zero-order valence-corrected chi connectivity index (χ0v) is 10.1. The van der Waals surface area contributed by atoms with E-state index < -0.39 is 18.8 Å². The van der Waals surface area contributed by atoms with E-state index in [4.69, 9.17) is 5.11 Å². The van der Waals surface area contributed by atoms with E-state index in [0.29, 0.717) is 5.82 Å². The number of hydrogen-bond acceptors (Lipinski definition) is 4. The highest BCUT2D eigenvalue weighted by Crippen LogP contribution is 2.16. The number of halogens is 3. The number of aromatic nitrogens is 3. The molecule has 0 atom stereocenters. The van der Waals surface area contributed by atoms with Crippen molar-refractivity contribution >= 4 is 17.1 Å². The monoisotopic (exact) mass is 289 g/mol. The van der Waals surface area contributed by atoms with Gasteiger partial charge in [0.2, 0.25) is 0 Å². The largest absolute Gasteiger partial charge is 0.478 e. The molecule has 0 aliphatic rings. The minimum Gasteiger partial charge on any atom is -0.478 e. The van der Waals surface area contributed by atoms with E-state index in [1.807, 2.05) is 0 Å². The second-order valence-electron chi connectivity index (χ2n) is 3.96. The number of H-pyrrole nitrogens is 1. The maximum atomic E-state index is 11.9. The minimum atomic E-state index is -4.37. The van der Waals surface area contributed by atoms with Gasteiger partial charge in [0.05, 0.1) is 17.7 Å². The molecule has 2 rings (SSSR count). The van der Waals surface area contributed by atoms with Crippen molar-refractivity contribution in [3.8, 4) is 0 Å². The molecular formula is C11H10F3N3O3. The molecule has 0 saturated heterocycles. The number of alkyl halides is 3. The van der Waals surface area contributed by atoms with Crippen molar-refractivity contribution in [3.05, 3.63) is 23.7 Å². The number of hydrogen-bond donors (Lipinski definition) is 2. The number of carbonyl (C=O) groups is 1. The predicted molar refractivity (Wildman–Crippen MR) is 61.4 cm³/mol. The summed E-state index contributed by atoms with van der Waals surface area (Å²) < 4.78 is 40.1. The summed E-state index contributed by atoms with van der Waals surface area (Å²) in [4.78, 5) is 21.6. The highest BCUT2D eigenvalue weighted by Gasteiger charge is 2.27. The van der Waals surface area contributed by atoms with Gasteiger partial charge in [-0.1, -0.05) is 0 Å². The van der Waals surface area contributed by atoms with Crippen molar-refractivity contribution in [1.29, 1.82) is 0 Å². The van der Waals surface area contributed by atoms with Gasteiger partial charge in [-0.2, -0.15) is 13.2 Å². The van der Waals surface area contributed by atoms with Crippen LogP contribution in [0.3, 0.4) is 0 Å². The first kappa shape index (κ1) is 14.3. The first-order valence-corrected chi connectivity index (χ1v) is 5.58. The fraction of sp³-hybridized carbons (Fsp3) is 0.364. The van der Waals surface area contributed by atoms with Crippen molar-refractivity contribution in [3.63, 3.8) is 0 Å². The molecule has 6 nitrogen and oxygen atoms in total. The van der Waals surface area contributed by atoms with Crippen LogP contribution in [0.1, 0.15) is 16.2 Å². The molecule has 2 aromatic heterocycles. The lowest BCUT2D eigenvalue weighted by molar-refractivity contribution is -0.173. The van der Waals surface area contributed by atoms with Crippen LogP contribution in [-0.2, 0) is 11.2 Å². The summed E-state index contributed by atoms with van der Waals surface area (Å²) in [6.07, 6.45) is -2.96. The van der Waals surface area contributed by atoms with Crippen LogP contribution >= 0.6 is 0 Å². The smallest absolute Gasteiger partial charge is 0.411 e. The molecule has 0 unspecified atom stereocenters. The Balaban J connectivity index is 2.05. The molecule has 0 aromatic carbocycles. The average Bonchev–Trinajstić information content (AvgIpc) is 2.75. The third-order valence-corrected chi connectivity index (χ3v) is 2.42. The van der Waals surface area contributed by atoms with E-state index >= 15 is 0 Å². The van der Waals surface area contributed by atoms with Crippen molar-refractivity contribution < 1.29 is 27.8 Å². The van der Waals surface area contributed by atoms with Gasteiger partial charge in [-0.15, -0.1) is 0 Å². The quantitative estimate of drug-likeness (QED) is 0.819. The van der Waals surface area contributed by atoms with Crippen LogP contribution < -0.4 is 0 Å². The Morgan fingerprint density at radius 1 is 1.45 bits per heavy atom. The molecule has 0 bridgehead atoms. The van der Waals surface area contributed by atoms with Crippen molar-refractivity contribution in [2.24, 2.45) is 0 Å². The molecule has 9 heteroatoms. The predicted octanol–water partition coefficient (Wildman–Crippen LogP) is 1.78. The number of aromatic carboxylic acids is 1. The number of rotatable bonds is 5. The standard InChI is InChI=1S/C11H10F3N3O3/c12-11(13,14)5-20-4-2-7-16-8-6(10(18)19)1-3-15-9(8)17-7/h1,3H,2,4-5H2,(H,18,19)(H,15,16,17). The third-order valence-electron chi connectivity index (χ3n) is 2.42. The van der Waals surface area contributed by atoms with Gasteiger partial charge in [0.1, 0.15) is 12.4 Å². The first-order chi connectivity index (χ1) is 9.37. The minimum absolute atomic E-state index is 0.00459. The fourth-order valence-corrected chi connectivity index (χ4v) is 1.61. The normalized spacial score (nSPS) is 11.9. The van der Waals surface area contributed by atoms with E-state index in [1.165, 1.54) is 12.3 Å². The van der Waals surface area contributed by atoms with Crippen LogP contribution in [-0.4, -0.2) is 45.4 Å². The molecule has 0 fully saturated rings. The number of nitrogens with one attached hydrogen (secondary N) is 1. The number of nitrogens with zero attached hydrogens (tertiary/aromatic N) is 2. The van der Waals surface area contributed by atoms with Gasteiger partial charge in [-0.25, -0.2) is 14.8 Å². The van der Waals surface area contributed by atoms with Gasteiger partial charge in [0, 0.05) is 12.6 Å². The zero-order valence-electron chi connectivity index (χ0n) is 10.1. The summed E-state index contributed by atoms with van der Waals surface area (Å²) in [6, 6.07) is 1.31. The summed E-state index contributed by atoms with van der Waals surface area (Å²) in [6.45, 7) is -1.51. The van der Waals surface area contributed by atoms with Crippen molar-refractivity contribution in [2.45, 2.75) is 12.6 Å². The molecular weight excluding hydrogens is 279 g/mol. The second-order valence-corrected chi connectivity index (χ2v) is 3.96. The summed E-state index contributed by atoms with van der Waals surface area (Å²) in [5.41, 5.74) is 0.450. The molecule has 0 spiro atoms. The van der Waals surface area contributed by atoms with Crippen molar-refractivity contribution in [1.82, 2.24) is 15.0 Å². The van der Waals surface area contributed by atoms with E-state index in [0.717, 1.165) is 0 Å². The Kier molecular flexibility index (Phi) is 3.89. The zero-order chi connectivity index (χ0) is 14.8. The molecule has 0 saturated carbocycles. The number of carboxylic acid groups (broad SMARTS) is 1. The molecule has 0 aliphatic carbocycles. The molecule has 108 valence electrons. The molecule has 2 heterocycles. The van der Waals surface area contributed by atoms with Gasteiger partial charge >= 0.3 is 12.1 Å². The SMILES string of the molecule is O=C(O)c1ccnc2nc(CCOCC(F)(F)F)[nH]c12. The molecule has 2 N–H and O–H groups in total. The van der Waals surface area contributed by atoms with Crippen molar-refractivity contribution in [2.75, 3.05) is 13.2 Å². The van der Waals surface area contributed by atoms with Gasteiger partial charge < -0.3 is 14.8 Å². The lowest BCUT2D eigenvalue weighted by atomic mass is 10.2. The highest BCUT2D eigenvalue weighted by atomic mass is 19.4. The lowest BCUT2D eigenvalue weighted by Gasteiger charge is -2.06. The second kappa shape index (κ2) is 5.45. The maximum absolute atomic E-state index is 11.9. The molecule has 20 heavy (non-hydrogen) atoms. The van der Waals surface area contributed by atoms with Crippen LogP contribution in [0.4, 0.5) is 13.2 Å². The number of ether oxygens (including phenoxy) is 1. The Hall–Kier alpha value is -2.16. The Morgan fingerprint density at radius 3 is 2.85 bits per heavy atom. The highest BCUT2D eigenvalue weighted by molar-refractivity contribution is 5.99. The summed E-state index contributed by atoms with van der Waals surface area (Å²) in [5, 5.41) is 8.97. The van der Waals surface area contributed by atoms with Gasteiger partial charge in [-0.3, -0.25) is 0 Å². The van der Waals surface area contributed by atoms with Gasteiger partial charge in [0.25, 0.3) is 0 Å². The first-order valence-electron chi connectivity index (χ1n) is 5.58. The van der Waals surface area contributed by atoms with Crippen LogP contribution in [0.15, 0.2) is 12.3 Å². The third kappa shape index (κ3) is 3.44. The maximum Gasteiger partial charge on any atom is 0.411 e. The molecule has 2 aromatic rings. The average molecular weight is 289 g/mol. The number of pyridine rings is 1. The molecule has 0 aliphatic heterocycles. The summed E-state index contributed by atoms with van der Waals surface area (Å²) in [5.74, 6) is -0.815. The van der Waals surface area contributed by atoms with Crippen LogP contribution in [0.25, 0.3) is 11.2 Å². The number of aromatic amines is 1. The topological polar surface area (TPSA) is 88.1 Å². The van der Waals surface area contributed by atoms with E-state index in [2.05, 4.69) is 19.7 Å². The lowest BCUT2D eigenvalue weighted by Crippen LogP contribution is -2.18. The fourth-order valence-electron chi connectivity index (χ4n) is 1.61. The number of carboxylic acids is 1. The van der Waals surface area contributed by atoms with E-state index in [-0.39, 0.29) is 29.8 Å². The van der Waals surface area contributed by atoms with Gasteiger partial charge in [0.15, 0.2) is 5.65 Å². The van der Waals surface area contributed by atoms with Crippen LogP contribution in [0, 0.1) is 0 Å². The molecule has 0 amide bonds. The van der Waals surface area contributed by atoms with Crippen LogP contribution in [0.2, 0.25) is 0 Å². The summed E-state index contributed by atoms with van der Waals surface area (Å²) >= 11 is 0. The Morgan fingerprint density at radius 2 is 2.20 bits per heavy atom. The van der Waals surface area contributed by atoms with Gasteiger partial charge in [-0.05, 0) is 6.07 Å². The Bertz CT molecular complexity index is 624. The van der Waals surface area contributed by atoms with E-state index in [1.54, 1.807) is 0 Å².